The molecular weight excluding hydrogens is 333 g/mol. The van der Waals surface area contributed by atoms with E-state index in [-0.39, 0.29) is 17.3 Å². The third-order valence-corrected chi connectivity index (χ3v) is 5.77. The molecule has 26 heavy (non-hydrogen) atoms. The van der Waals surface area contributed by atoms with Gasteiger partial charge in [0.2, 0.25) is 0 Å². The Bertz CT molecular complexity index is 830. The number of methoxy groups -OCH3 is 1. The molecule has 1 amide bonds. The molecule has 138 valence electrons. The topological polar surface area (TPSA) is 58.6 Å². The van der Waals surface area contributed by atoms with Gasteiger partial charge in [0.1, 0.15) is 11.6 Å². The van der Waals surface area contributed by atoms with Crippen LogP contribution in [0.25, 0.3) is 11.1 Å². The van der Waals surface area contributed by atoms with Crippen molar-refractivity contribution in [3.63, 3.8) is 0 Å². The van der Waals surface area contributed by atoms with Gasteiger partial charge in [-0.05, 0) is 53.5 Å². The Hall–Kier alpha value is -2.56. The van der Waals surface area contributed by atoms with Crippen LogP contribution in [0.15, 0.2) is 36.4 Å². The van der Waals surface area contributed by atoms with Crippen LogP contribution in [0.1, 0.15) is 43.9 Å². The van der Waals surface area contributed by atoms with E-state index in [4.69, 9.17) is 4.74 Å². The molecule has 4 nitrogen and oxygen atoms in total. The van der Waals surface area contributed by atoms with Crippen molar-refractivity contribution in [1.29, 1.82) is 0 Å². The molecule has 1 aliphatic rings. The lowest BCUT2D eigenvalue weighted by Gasteiger charge is -2.33. The number of carbonyl (C=O) groups is 1. The molecule has 1 unspecified atom stereocenters. The fraction of sp³-hybridized carbons (Fsp3) is 0.381. The molecule has 0 aromatic heterocycles. The van der Waals surface area contributed by atoms with Crippen LogP contribution in [-0.4, -0.2) is 18.3 Å². The monoisotopic (exact) mass is 357 g/mol. The van der Waals surface area contributed by atoms with Crippen molar-refractivity contribution in [3.05, 3.63) is 53.3 Å². The van der Waals surface area contributed by atoms with E-state index in [1.54, 1.807) is 12.1 Å². The smallest absolute Gasteiger partial charge is 0.405 e. The highest BCUT2D eigenvalue weighted by Crippen LogP contribution is 2.51. The maximum absolute atomic E-state index is 14.4. The van der Waals surface area contributed by atoms with E-state index in [0.717, 1.165) is 36.0 Å². The number of benzene rings is 2. The van der Waals surface area contributed by atoms with E-state index < -0.39 is 6.09 Å². The zero-order chi connectivity index (χ0) is 18.9. The van der Waals surface area contributed by atoms with Crippen molar-refractivity contribution in [3.8, 4) is 16.9 Å². The van der Waals surface area contributed by atoms with E-state index in [0.29, 0.717) is 11.3 Å². The van der Waals surface area contributed by atoms with Crippen molar-refractivity contribution in [2.24, 2.45) is 5.41 Å². The lowest BCUT2D eigenvalue weighted by atomic mass is 9.76. The molecule has 2 N–H and O–H groups in total. The summed E-state index contributed by atoms with van der Waals surface area (Å²) in [5.74, 6) is 0.147. The summed E-state index contributed by atoms with van der Waals surface area (Å²) in [4.78, 5) is 11.3. The molecule has 2 aromatic carbocycles. The normalized spacial score (nSPS) is 17.6. The minimum absolute atomic E-state index is 0.141. The van der Waals surface area contributed by atoms with Gasteiger partial charge in [0.25, 0.3) is 0 Å². The summed E-state index contributed by atoms with van der Waals surface area (Å²) in [5.41, 5.74) is 3.24. The minimum Gasteiger partial charge on any atom is -0.497 e. The van der Waals surface area contributed by atoms with Crippen LogP contribution in [0, 0.1) is 11.2 Å². The molecule has 0 aliphatic heterocycles. The fourth-order valence-corrected chi connectivity index (χ4v) is 4.14. The first-order chi connectivity index (χ1) is 12.4. The van der Waals surface area contributed by atoms with Gasteiger partial charge in [-0.15, -0.1) is 0 Å². The van der Waals surface area contributed by atoms with Gasteiger partial charge >= 0.3 is 6.09 Å². The van der Waals surface area contributed by atoms with Crippen LogP contribution in [0.5, 0.6) is 5.75 Å². The van der Waals surface area contributed by atoms with Crippen LogP contribution in [0.3, 0.4) is 0 Å². The Morgan fingerprint density at radius 3 is 2.58 bits per heavy atom. The maximum Gasteiger partial charge on any atom is 0.405 e. The summed E-state index contributed by atoms with van der Waals surface area (Å²) in [6, 6.07) is 10.4. The molecule has 0 saturated heterocycles. The van der Waals surface area contributed by atoms with Gasteiger partial charge < -0.3 is 15.2 Å². The van der Waals surface area contributed by atoms with Gasteiger partial charge in [-0.1, -0.05) is 32.0 Å². The summed E-state index contributed by atoms with van der Waals surface area (Å²) in [6.07, 6.45) is 1.51. The number of nitrogens with one attached hydrogen (secondary N) is 1. The Morgan fingerprint density at radius 2 is 2.00 bits per heavy atom. The molecule has 3 rings (SSSR count). The molecule has 0 spiro atoms. The minimum atomic E-state index is -1.01. The SMILES string of the molecule is CCC1(CC)Cc2cc(-c3ccc(OC)cc3F)ccc2C1NC(=O)O. The van der Waals surface area contributed by atoms with Gasteiger partial charge in [0.05, 0.1) is 13.2 Å². The average molecular weight is 357 g/mol. The number of carboxylic acid groups (broad SMARTS) is 1. The molecule has 1 atom stereocenters. The highest BCUT2D eigenvalue weighted by molar-refractivity contribution is 5.69. The Balaban J connectivity index is 2.04. The lowest BCUT2D eigenvalue weighted by Crippen LogP contribution is -2.37. The number of hydrogen-bond donors (Lipinski definition) is 2. The largest absolute Gasteiger partial charge is 0.497 e. The van der Waals surface area contributed by atoms with E-state index in [1.807, 2.05) is 18.2 Å². The van der Waals surface area contributed by atoms with Gasteiger partial charge in [-0.3, -0.25) is 0 Å². The summed E-state index contributed by atoms with van der Waals surface area (Å²) < 4.78 is 19.5. The van der Waals surface area contributed by atoms with Crippen LogP contribution >= 0.6 is 0 Å². The molecule has 1 aliphatic carbocycles. The van der Waals surface area contributed by atoms with E-state index >= 15 is 0 Å². The first-order valence-corrected chi connectivity index (χ1v) is 8.90. The van der Waals surface area contributed by atoms with E-state index in [2.05, 4.69) is 19.2 Å². The average Bonchev–Trinajstić information content (AvgIpc) is 2.94. The van der Waals surface area contributed by atoms with Crippen molar-refractivity contribution in [1.82, 2.24) is 5.32 Å². The molecule has 0 radical (unpaired) electrons. The molecule has 0 bridgehead atoms. The van der Waals surface area contributed by atoms with Crippen LogP contribution in [0.2, 0.25) is 0 Å². The lowest BCUT2D eigenvalue weighted by molar-refractivity contribution is 0.157. The molecule has 5 heteroatoms. The summed E-state index contributed by atoms with van der Waals surface area (Å²) >= 11 is 0. The van der Waals surface area contributed by atoms with Crippen molar-refractivity contribution in [2.75, 3.05) is 7.11 Å². The number of fused-ring (bicyclic) bond motifs is 1. The second-order valence-electron chi connectivity index (χ2n) is 6.89. The number of halogens is 1. The number of ether oxygens (including phenoxy) is 1. The number of hydrogen-bond acceptors (Lipinski definition) is 2. The van der Waals surface area contributed by atoms with Crippen molar-refractivity contribution < 1.29 is 19.0 Å². The molecular formula is C21H24FNO3. The first-order valence-electron chi connectivity index (χ1n) is 8.90. The Morgan fingerprint density at radius 1 is 1.27 bits per heavy atom. The summed E-state index contributed by atoms with van der Waals surface area (Å²) in [5, 5.41) is 12.0. The second-order valence-corrected chi connectivity index (χ2v) is 6.89. The maximum atomic E-state index is 14.4. The first kappa shape index (κ1) is 18.2. The van der Waals surface area contributed by atoms with Crippen LogP contribution in [-0.2, 0) is 6.42 Å². The predicted octanol–water partition coefficient (Wildman–Crippen LogP) is 5.17. The van der Waals surface area contributed by atoms with Crippen LogP contribution in [0.4, 0.5) is 9.18 Å². The molecule has 0 heterocycles. The van der Waals surface area contributed by atoms with E-state index in [9.17, 15) is 14.3 Å². The summed E-state index contributed by atoms with van der Waals surface area (Å²) in [7, 11) is 1.51. The third kappa shape index (κ3) is 3.02. The van der Waals surface area contributed by atoms with Gasteiger partial charge in [-0.25, -0.2) is 9.18 Å². The number of amides is 1. The summed E-state index contributed by atoms with van der Waals surface area (Å²) in [6.45, 7) is 4.19. The van der Waals surface area contributed by atoms with Crippen molar-refractivity contribution in [2.45, 2.75) is 39.2 Å². The quantitative estimate of drug-likeness (QED) is 0.776. The third-order valence-electron chi connectivity index (χ3n) is 5.77. The second kappa shape index (κ2) is 6.98. The zero-order valence-electron chi connectivity index (χ0n) is 15.3. The Labute approximate surface area is 153 Å². The van der Waals surface area contributed by atoms with Gasteiger partial charge in [-0.2, -0.15) is 0 Å². The van der Waals surface area contributed by atoms with Gasteiger partial charge in [0, 0.05) is 11.6 Å². The number of rotatable bonds is 5. The van der Waals surface area contributed by atoms with E-state index in [1.165, 1.54) is 13.2 Å². The molecule has 0 saturated carbocycles. The predicted molar refractivity (Wildman–Crippen MR) is 99.0 cm³/mol. The fourth-order valence-electron chi connectivity index (χ4n) is 4.14. The van der Waals surface area contributed by atoms with Crippen LogP contribution < -0.4 is 10.1 Å². The standard InChI is InChI=1S/C21H24FNO3/c1-4-21(5-2)12-14-10-13(6-8-17(14)19(21)23-20(24)25)16-9-7-15(26-3)11-18(16)22/h6-11,19,23H,4-5,12H2,1-3H3,(H,24,25). The molecule has 0 fully saturated rings. The Kier molecular flexibility index (Phi) is 4.90. The van der Waals surface area contributed by atoms with Gasteiger partial charge in [0.15, 0.2) is 0 Å². The van der Waals surface area contributed by atoms with Crippen molar-refractivity contribution >= 4 is 6.09 Å². The zero-order valence-corrected chi connectivity index (χ0v) is 15.3. The highest BCUT2D eigenvalue weighted by Gasteiger charge is 2.44. The molecule has 2 aromatic rings. The highest BCUT2D eigenvalue weighted by atomic mass is 19.1.